The molecular formula is C4H8U. The van der Waals surface area contributed by atoms with Gasteiger partial charge in [0.1, 0.15) is 0 Å². The second-order valence-corrected chi connectivity index (χ2v) is 7.70. The Hall–Kier alpha value is 1.05. The van der Waals surface area contributed by atoms with Gasteiger partial charge in [-0.15, -0.1) is 0 Å². The molecule has 0 aromatic rings. The van der Waals surface area contributed by atoms with Crippen LogP contribution < -0.4 is 0 Å². The van der Waals surface area contributed by atoms with Crippen molar-refractivity contribution in [3.8, 4) is 0 Å². The first-order chi connectivity index (χ1) is 2.50. The Morgan fingerprint density at radius 3 is 1.80 bits per heavy atom. The summed E-state index contributed by atoms with van der Waals surface area (Å²) >= 11 is 0.0590. The third kappa shape index (κ3) is 1.28. The van der Waals surface area contributed by atoms with E-state index in [1.54, 1.807) is 19.8 Å². The summed E-state index contributed by atoms with van der Waals surface area (Å²) in [5.74, 6) is 0. The molecule has 1 fully saturated rings. The molecule has 0 radical (unpaired) electrons. The van der Waals surface area contributed by atoms with Gasteiger partial charge in [-0.05, 0) is 0 Å². The minimum absolute atomic E-state index is 0.0590. The van der Waals surface area contributed by atoms with E-state index < -0.39 is 0 Å². The van der Waals surface area contributed by atoms with Crippen molar-refractivity contribution in [3.05, 3.63) is 0 Å². The summed E-state index contributed by atoms with van der Waals surface area (Å²) in [5, 5.41) is 0. The summed E-state index contributed by atoms with van der Waals surface area (Å²) < 4.78 is 3.42. The standard InChI is InChI=1S/C4H8.U/c1-3-4-2;/h1-4H2;. The first-order valence-electron chi connectivity index (χ1n) is 2.21. The van der Waals surface area contributed by atoms with Crippen LogP contribution in [0.5, 0.6) is 0 Å². The fourth-order valence-electron chi connectivity index (χ4n) is 0.625. The van der Waals surface area contributed by atoms with Crippen molar-refractivity contribution in [2.45, 2.75) is 19.8 Å². The molecule has 0 unspecified atom stereocenters. The summed E-state index contributed by atoms with van der Waals surface area (Å²) in [6.45, 7) is 0. The maximum absolute atomic E-state index is 1.71. The van der Waals surface area contributed by atoms with E-state index in [1.807, 2.05) is 0 Å². The molecule has 0 aromatic heterocycles. The van der Waals surface area contributed by atoms with E-state index in [0.717, 1.165) is 0 Å². The van der Waals surface area contributed by atoms with Crippen LogP contribution in [0.4, 0.5) is 0 Å². The van der Waals surface area contributed by atoms with Gasteiger partial charge in [-0.3, -0.25) is 0 Å². The normalized spacial score (nSPS) is 20.8. The van der Waals surface area contributed by atoms with E-state index in [0.29, 0.717) is 0 Å². The first-order valence-corrected chi connectivity index (χ1v) is 8.10. The fraction of sp³-hybridized carbons (Fsp3) is 1.00. The van der Waals surface area contributed by atoms with Gasteiger partial charge in [0.05, 0.1) is 0 Å². The van der Waals surface area contributed by atoms with Gasteiger partial charge in [0.2, 0.25) is 0 Å². The number of hydrogen-bond acceptors (Lipinski definition) is 0. The molecular weight excluding hydrogens is 286 g/mol. The molecule has 0 saturated carbocycles. The predicted octanol–water partition coefficient (Wildman–Crippen LogP) is 1.70. The van der Waals surface area contributed by atoms with Crippen LogP contribution in [0.2, 0.25) is 6.91 Å². The molecule has 1 rings (SSSR count). The third-order valence-electron chi connectivity index (χ3n) is 0.957. The average Bonchev–Trinajstić information content (AvgIpc) is 1.76. The third-order valence-corrected chi connectivity index (χ3v) is 6.85. The SMILES string of the molecule is C1C[CH2][U][CH2]1. The van der Waals surface area contributed by atoms with Crippen LogP contribution in [0.1, 0.15) is 12.8 Å². The van der Waals surface area contributed by atoms with E-state index in [9.17, 15) is 0 Å². The van der Waals surface area contributed by atoms with Crippen LogP contribution in [0.3, 0.4) is 0 Å². The number of hydrogen-bond donors (Lipinski definition) is 0. The van der Waals surface area contributed by atoms with Crippen molar-refractivity contribution in [1.82, 2.24) is 0 Å². The van der Waals surface area contributed by atoms with Crippen LogP contribution in [-0.2, 0) is 0 Å². The zero-order chi connectivity index (χ0) is 3.54. The molecule has 0 aromatic carbocycles. The molecule has 0 bridgehead atoms. The molecule has 0 spiro atoms. The van der Waals surface area contributed by atoms with Crippen molar-refractivity contribution in [1.29, 1.82) is 0 Å². The second kappa shape index (κ2) is 2.26. The molecule has 1 heterocycles. The fourth-order valence-corrected chi connectivity index (χ4v) is 5.83. The summed E-state index contributed by atoms with van der Waals surface area (Å²) in [5.41, 5.74) is 0. The van der Waals surface area contributed by atoms with Crippen LogP contribution in [0.25, 0.3) is 0 Å². The van der Waals surface area contributed by atoms with Gasteiger partial charge >= 0.3 is 47.5 Å². The van der Waals surface area contributed by atoms with E-state index >= 15 is 0 Å². The Morgan fingerprint density at radius 2 is 1.60 bits per heavy atom. The molecule has 0 nitrogen and oxygen atoms in total. The molecule has 1 aliphatic rings. The van der Waals surface area contributed by atoms with Crippen LogP contribution in [0, 0.1) is 27.7 Å². The summed E-state index contributed by atoms with van der Waals surface area (Å²) in [6, 6.07) is 0. The van der Waals surface area contributed by atoms with E-state index in [-0.39, 0.29) is 27.7 Å². The molecule has 28 valence electrons. The van der Waals surface area contributed by atoms with Gasteiger partial charge in [-0.1, -0.05) is 0 Å². The van der Waals surface area contributed by atoms with Gasteiger partial charge in [-0.25, -0.2) is 0 Å². The Labute approximate surface area is 47.4 Å². The second-order valence-electron chi connectivity index (χ2n) is 1.46. The molecule has 5 heavy (non-hydrogen) atoms. The summed E-state index contributed by atoms with van der Waals surface area (Å²) in [7, 11) is 0. The Bertz CT molecular complexity index is 15.2. The molecule has 1 saturated heterocycles. The maximum atomic E-state index is 1.71. The molecule has 0 amide bonds. The van der Waals surface area contributed by atoms with E-state index in [2.05, 4.69) is 0 Å². The minimum atomic E-state index is 0.0590. The quantitative estimate of drug-likeness (QED) is 0.638. The first kappa shape index (κ1) is 4.22. The van der Waals surface area contributed by atoms with Gasteiger partial charge in [0.25, 0.3) is 0 Å². The molecule has 0 atom stereocenters. The topological polar surface area (TPSA) is 0 Å². The monoisotopic (exact) mass is 294 g/mol. The van der Waals surface area contributed by atoms with E-state index in [1.165, 1.54) is 0 Å². The average molecular weight is 294 g/mol. The Balaban J connectivity index is 2.08. The van der Waals surface area contributed by atoms with E-state index in [4.69, 9.17) is 0 Å². The van der Waals surface area contributed by atoms with Crippen molar-refractivity contribution < 1.29 is 27.7 Å². The van der Waals surface area contributed by atoms with Gasteiger partial charge < -0.3 is 0 Å². The van der Waals surface area contributed by atoms with Crippen LogP contribution >= 0.6 is 0 Å². The zero-order valence-electron chi connectivity index (χ0n) is 3.33. The number of rotatable bonds is 0. The van der Waals surface area contributed by atoms with Gasteiger partial charge in [0.15, 0.2) is 0 Å². The molecule has 0 N–H and O–H groups in total. The molecule has 1 aliphatic heterocycles. The van der Waals surface area contributed by atoms with Crippen LogP contribution in [-0.4, -0.2) is 0 Å². The Morgan fingerprint density at radius 1 is 1.00 bits per heavy atom. The van der Waals surface area contributed by atoms with Gasteiger partial charge in [-0.2, -0.15) is 0 Å². The Kier molecular flexibility index (Phi) is 1.91. The zero-order valence-corrected chi connectivity index (χ0v) is 7.49. The van der Waals surface area contributed by atoms with Crippen molar-refractivity contribution >= 4 is 0 Å². The summed E-state index contributed by atoms with van der Waals surface area (Å²) in [4.78, 5) is 0. The van der Waals surface area contributed by atoms with Crippen molar-refractivity contribution in [2.75, 3.05) is 0 Å². The van der Waals surface area contributed by atoms with Crippen molar-refractivity contribution in [2.24, 2.45) is 0 Å². The predicted molar refractivity (Wildman–Crippen MR) is 18.8 cm³/mol. The summed E-state index contributed by atoms with van der Waals surface area (Å²) in [6.07, 6.45) is 3.19. The van der Waals surface area contributed by atoms with Crippen molar-refractivity contribution in [3.63, 3.8) is 0 Å². The molecule has 1 heteroatoms. The molecule has 0 aliphatic carbocycles. The van der Waals surface area contributed by atoms with Crippen LogP contribution in [0.15, 0.2) is 0 Å². The van der Waals surface area contributed by atoms with Gasteiger partial charge in [0, 0.05) is 0 Å².